The van der Waals surface area contributed by atoms with Crippen LogP contribution in [0.4, 0.5) is 11.4 Å². The summed E-state index contributed by atoms with van der Waals surface area (Å²) in [6.45, 7) is 6.14. The number of rotatable bonds is 5. The fourth-order valence-corrected chi connectivity index (χ4v) is 4.28. The lowest BCUT2D eigenvalue weighted by atomic mass is 9.95. The highest BCUT2D eigenvalue weighted by Crippen LogP contribution is 2.38. The molecule has 3 aromatic rings. The molecule has 0 aliphatic carbocycles. The highest BCUT2D eigenvalue weighted by atomic mass is 16.2. The minimum Gasteiger partial charge on any atom is -0.383 e. The van der Waals surface area contributed by atoms with Crippen LogP contribution in [0.3, 0.4) is 0 Å². The number of carbonyl (C=O) groups is 1. The van der Waals surface area contributed by atoms with Crippen LogP contribution in [-0.4, -0.2) is 55.1 Å². The molecule has 148 valence electrons. The molecule has 6 nitrogen and oxygen atoms in total. The summed E-state index contributed by atoms with van der Waals surface area (Å²) in [6, 6.07) is 18.0. The number of piperazine rings is 1. The van der Waals surface area contributed by atoms with Gasteiger partial charge in [0, 0.05) is 56.0 Å². The largest absolute Gasteiger partial charge is 0.383 e. The first-order chi connectivity index (χ1) is 14.3. The van der Waals surface area contributed by atoms with Crippen LogP contribution >= 0.6 is 0 Å². The average Bonchev–Trinajstić information content (AvgIpc) is 3.10. The number of hydrogen-bond donors (Lipinski definition) is 3. The Morgan fingerprint density at radius 3 is 2.76 bits per heavy atom. The Morgan fingerprint density at radius 2 is 1.86 bits per heavy atom. The monoisotopic (exact) mass is 387 g/mol. The van der Waals surface area contributed by atoms with Crippen molar-refractivity contribution in [2.75, 3.05) is 49.9 Å². The number of pyridine rings is 1. The Balaban J connectivity index is 1.45. The van der Waals surface area contributed by atoms with Gasteiger partial charge in [-0.15, -0.1) is 0 Å². The van der Waals surface area contributed by atoms with Gasteiger partial charge in [0.15, 0.2) is 0 Å². The van der Waals surface area contributed by atoms with Gasteiger partial charge in [-0.3, -0.25) is 14.7 Å². The van der Waals surface area contributed by atoms with E-state index in [-0.39, 0.29) is 11.8 Å². The van der Waals surface area contributed by atoms with E-state index in [1.807, 2.05) is 48.5 Å². The first-order valence-corrected chi connectivity index (χ1v) is 10.3. The zero-order valence-corrected chi connectivity index (χ0v) is 16.3. The second kappa shape index (κ2) is 7.81. The number of fused-ring (bicyclic) bond motifs is 2. The minimum absolute atomic E-state index is 0.0132. The molecule has 1 fully saturated rings. The fourth-order valence-electron chi connectivity index (χ4n) is 4.28. The maximum atomic E-state index is 12.7. The van der Waals surface area contributed by atoms with Gasteiger partial charge in [0.2, 0.25) is 5.91 Å². The summed E-state index contributed by atoms with van der Waals surface area (Å²) >= 11 is 0. The van der Waals surface area contributed by atoms with E-state index in [2.05, 4.69) is 26.9 Å². The number of aromatic nitrogens is 1. The third kappa shape index (κ3) is 3.57. The first kappa shape index (κ1) is 18.1. The molecule has 1 amide bonds. The SMILES string of the molecule is O=C1Nc2ccccc2C1c1cc(NCCN2CCNCC2)c2ccccc2n1. The molecule has 0 bridgehead atoms. The Kier molecular flexibility index (Phi) is 4.87. The molecule has 0 radical (unpaired) electrons. The van der Waals surface area contributed by atoms with Gasteiger partial charge < -0.3 is 16.0 Å². The lowest BCUT2D eigenvalue weighted by Crippen LogP contribution is -2.45. The number of benzene rings is 2. The smallest absolute Gasteiger partial charge is 0.238 e. The second-order valence-corrected chi connectivity index (χ2v) is 7.64. The van der Waals surface area contributed by atoms with E-state index in [4.69, 9.17) is 4.98 Å². The second-order valence-electron chi connectivity index (χ2n) is 7.64. The minimum atomic E-state index is -0.371. The summed E-state index contributed by atoms with van der Waals surface area (Å²) < 4.78 is 0. The van der Waals surface area contributed by atoms with E-state index < -0.39 is 0 Å². The molecule has 2 aliphatic heterocycles. The average molecular weight is 387 g/mol. The third-order valence-corrected chi connectivity index (χ3v) is 5.78. The van der Waals surface area contributed by atoms with Crippen LogP contribution in [0, 0.1) is 0 Å². The van der Waals surface area contributed by atoms with Gasteiger partial charge >= 0.3 is 0 Å². The van der Waals surface area contributed by atoms with Crippen LogP contribution < -0.4 is 16.0 Å². The zero-order chi connectivity index (χ0) is 19.6. The van der Waals surface area contributed by atoms with Gasteiger partial charge in [-0.2, -0.15) is 0 Å². The lowest BCUT2D eigenvalue weighted by molar-refractivity contribution is -0.116. The summed E-state index contributed by atoms with van der Waals surface area (Å²) in [5.41, 5.74) is 4.61. The van der Waals surface area contributed by atoms with E-state index in [0.29, 0.717) is 0 Å². The zero-order valence-electron chi connectivity index (χ0n) is 16.3. The van der Waals surface area contributed by atoms with Crippen molar-refractivity contribution >= 4 is 28.2 Å². The number of anilines is 2. The maximum absolute atomic E-state index is 12.7. The molecule has 2 aliphatic rings. The van der Waals surface area contributed by atoms with Crippen LogP contribution in [-0.2, 0) is 4.79 Å². The van der Waals surface area contributed by atoms with Crippen molar-refractivity contribution in [2.24, 2.45) is 0 Å². The molecule has 1 saturated heterocycles. The quantitative estimate of drug-likeness (QED) is 0.628. The van der Waals surface area contributed by atoms with Crippen molar-refractivity contribution in [2.45, 2.75) is 5.92 Å². The molecule has 1 unspecified atom stereocenters. The van der Waals surface area contributed by atoms with E-state index in [1.165, 1.54) is 0 Å². The maximum Gasteiger partial charge on any atom is 0.238 e. The van der Waals surface area contributed by atoms with Crippen LogP contribution in [0.2, 0.25) is 0 Å². The molecule has 6 heteroatoms. The lowest BCUT2D eigenvalue weighted by Gasteiger charge is -2.27. The fraction of sp³-hybridized carbons (Fsp3) is 0.304. The van der Waals surface area contributed by atoms with Crippen LogP contribution in [0.25, 0.3) is 10.9 Å². The van der Waals surface area contributed by atoms with E-state index in [1.54, 1.807) is 0 Å². The van der Waals surface area contributed by atoms with Gasteiger partial charge in [0.05, 0.1) is 11.2 Å². The van der Waals surface area contributed by atoms with E-state index >= 15 is 0 Å². The summed E-state index contributed by atoms with van der Waals surface area (Å²) in [5, 5.41) is 11.1. The Labute approximate surface area is 170 Å². The Hall–Kier alpha value is -2.96. The molecule has 3 heterocycles. The highest BCUT2D eigenvalue weighted by molar-refractivity contribution is 6.05. The highest BCUT2D eigenvalue weighted by Gasteiger charge is 2.33. The van der Waals surface area contributed by atoms with Crippen molar-refractivity contribution in [3.63, 3.8) is 0 Å². The van der Waals surface area contributed by atoms with Crippen molar-refractivity contribution < 1.29 is 4.79 Å². The van der Waals surface area contributed by atoms with E-state index in [9.17, 15) is 4.79 Å². The van der Waals surface area contributed by atoms with Crippen molar-refractivity contribution in [3.8, 4) is 0 Å². The number of amides is 1. The summed E-state index contributed by atoms with van der Waals surface area (Å²) in [4.78, 5) is 20.0. The first-order valence-electron chi connectivity index (χ1n) is 10.3. The predicted octanol–water partition coefficient (Wildman–Crippen LogP) is 2.64. The molecule has 1 aromatic heterocycles. The summed E-state index contributed by atoms with van der Waals surface area (Å²) in [7, 11) is 0. The molecule has 2 aromatic carbocycles. The molecule has 29 heavy (non-hydrogen) atoms. The van der Waals surface area contributed by atoms with Crippen LogP contribution in [0.1, 0.15) is 17.2 Å². The molecule has 5 rings (SSSR count). The standard InChI is InChI=1S/C23H25N5O/c29-23-22(17-6-2-4-8-19(17)27-23)21-15-20(16-5-1-3-7-18(16)26-21)25-11-14-28-12-9-24-10-13-28/h1-8,15,22,24H,9-14H2,(H,25,26)(H,27,29). The summed E-state index contributed by atoms with van der Waals surface area (Å²) in [5.74, 6) is -0.384. The molecule has 0 saturated carbocycles. The molecule has 0 spiro atoms. The van der Waals surface area contributed by atoms with Gasteiger partial charge in [0.1, 0.15) is 5.92 Å². The normalized spacial score (nSPS) is 19.2. The van der Waals surface area contributed by atoms with Crippen molar-refractivity contribution in [1.29, 1.82) is 0 Å². The Bertz CT molecular complexity index is 1040. The molecular formula is C23H25N5O. The third-order valence-electron chi connectivity index (χ3n) is 5.78. The topological polar surface area (TPSA) is 69.3 Å². The predicted molar refractivity (Wildman–Crippen MR) is 116 cm³/mol. The number of nitrogens with one attached hydrogen (secondary N) is 3. The van der Waals surface area contributed by atoms with Crippen LogP contribution in [0.5, 0.6) is 0 Å². The van der Waals surface area contributed by atoms with Crippen LogP contribution in [0.15, 0.2) is 54.6 Å². The number of para-hydroxylation sites is 2. The summed E-state index contributed by atoms with van der Waals surface area (Å²) in [6.07, 6.45) is 0. The van der Waals surface area contributed by atoms with Gasteiger partial charge in [-0.25, -0.2) is 0 Å². The van der Waals surface area contributed by atoms with Gasteiger partial charge in [-0.05, 0) is 23.8 Å². The molecule has 1 atom stereocenters. The molecular weight excluding hydrogens is 362 g/mol. The number of hydrogen-bond acceptors (Lipinski definition) is 5. The van der Waals surface area contributed by atoms with Gasteiger partial charge in [-0.1, -0.05) is 36.4 Å². The molecule has 3 N–H and O–H groups in total. The van der Waals surface area contributed by atoms with E-state index in [0.717, 1.165) is 72.8 Å². The Morgan fingerprint density at radius 1 is 1.07 bits per heavy atom. The number of carbonyl (C=O) groups excluding carboxylic acids is 1. The van der Waals surface area contributed by atoms with Crippen molar-refractivity contribution in [1.82, 2.24) is 15.2 Å². The van der Waals surface area contributed by atoms with Gasteiger partial charge in [0.25, 0.3) is 0 Å². The number of nitrogens with zero attached hydrogens (tertiary/aromatic N) is 2. The van der Waals surface area contributed by atoms with Crippen molar-refractivity contribution in [3.05, 3.63) is 65.9 Å².